The van der Waals surface area contributed by atoms with Crippen LogP contribution in [0.25, 0.3) is 11.5 Å². The van der Waals surface area contributed by atoms with Gasteiger partial charge in [0.2, 0.25) is 11.8 Å². The summed E-state index contributed by atoms with van der Waals surface area (Å²) in [6, 6.07) is 6.47. The van der Waals surface area contributed by atoms with Crippen molar-refractivity contribution in [3.63, 3.8) is 0 Å². The molecule has 0 aliphatic rings. The summed E-state index contributed by atoms with van der Waals surface area (Å²) in [5.74, 6) is -0.128. The standard InChI is InChI=1S/C14H16ClN5O3.ClH/c1-8(18-12(22)7-17-11(21)6-16)13-19-14(23-20-13)9-2-4-10(15)5-3-9;/h2-5,8H,6-7,16H2,1H3,(H,17,21)(H,18,22);1H. The molecule has 0 saturated heterocycles. The topological polar surface area (TPSA) is 123 Å². The number of rotatable bonds is 6. The molecule has 0 saturated carbocycles. The molecule has 1 aromatic carbocycles. The van der Waals surface area contributed by atoms with E-state index >= 15 is 0 Å². The molecular weight excluding hydrogens is 357 g/mol. The van der Waals surface area contributed by atoms with Gasteiger partial charge in [-0.05, 0) is 31.2 Å². The van der Waals surface area contributed by atoms with Crippen molar-refractivity contribution in [2.75, 3.05) is 13.1 Å². The number of benzene rings is 1. The monoisotopic (exact) mass is 373 g/mol. The largest absolute Gasteiger partial charge is 0.346 e. The van der Waals surface area contributed by atoms with Crippen molar-refractivity contribution in [1.82, 2.24) is 20.8 Å². The van der Waals surface area contributed by atoms with Gasteiger partial charge in [0.05, 0.1) is 19.1 Å². The molecule has 4 N–H and O–H groups in total. The van der Waals surface area contributed by atoms with Crippen molar-refractivity contribution in [3.05, 3.63) is 35.1 Å². The van der Waals surface area contributed by atoms with Crippen LogP contribution in [-0.4, -0.2) is 35.0 Å². The lowest BCUT2D eigenvalue weighted by atomic mass is 10.2. The fourth-order valence-electron chi connectivity index (χ4n) is 1.73. The van der Waals surface area contributed by atoms with Gasteiger partial charge in [0.1, 0.15) is 0 Å². The van der Waals surface area contributed by atoms with E-state index in [2.05, 4.69) is 20.8 Å². The molecule has 0 aliphatic heterocycles. The fraction of sp³-hybridized carbons (Fsp3) is 0.286. The van der Waals surface area contributed by atoms with Crippen LogP contribution in [0.2, 0.25) is 5.02 Å². The maximum absolute atomic E-state index is 11.7. The minimum atomic E-state index is -0.470. The number of nitrogens with zero attached hydrogens (tertiary/aromatic N) is 2. The number of nitrogens with two attached hydrogens (primary N) is 1. The van der Waals surface area contributed by atoms with Gasteiger partial charge in [0.15, 0.2) is 5.82 Å². The molecule has 0 bridgehead atoms. The average molecular weight is 374 g/mol. The molecule has 0 spiro atoms. The molecule has 1 aromatic heterocycles. The van der Waals surface area contributed by atoms with Crippen LogP contribution in [0.4, 0.5) is 0 Å². The second-order valence-corrected chi connectivity index (χ2v) is 5.17. The highest BCUT2D eigenvalue weighted by molar-refractivity contribution is 6.30. The Morgan fingerprint density at radius 2 is 1.96 bits per heavy atom. The first-order valence-electron chi connectivity index (χ1n) is 6.85. The van der Waals surface area contributed by atoms with E-state index in [4.69, 9.17) is 21.9 Å². The van der Waals surface area contributed by atoms with Crippen LogP contribution >= 0.6 is 24.0 Å². The first-order valence-corrected chi connectivity index (χ1v) is 7.23. The lowest BCUT2D eigenvalue weighted by Crippen LogP contribution is -2.40. The lowest BCUT2D eigenvalue weighted by molar-refractivity contribution is -0.125. The Bertz CT molecular complexity index is 690. The number of carbonyl (C=O) groups excluding carboxylic acids is 2. The van der Waals surface area contributed by atoms with E-state index in [1.54, 1.807) is 31.2 Å². The Morgan fingerprint density at radius 1 is 1.29 bits per heavy atom. The molecule has 130 valence electrons. The molecule has 1 atom stereocenters. The lowest BCUT2D eigenvalue weighted by Gasteiger charge is -2.10. The van der Waals surface area contributed by atoms with Gasteiger partial charge >= 0.3 is 0 Å². The highest BCUT2D eigenvalue weighted by Gasteiger charge is 2.17. The van der Waals surface area contributed by atoms with Crippen molar-refractivity contribution >= 4 is 35.8 Å². The number of carbonyl (C=O) groups is 2. The van der Waals surface area contributed by atoms with E-state index in [0.29, 0.717) is 16.7 Å². The van der Waals surface area contributed by atoms with Crippen molar-refractivity contribution < 1.29 is 14.1 Å². The molecule has 0 radical (unpaired) electrons. The van der Waals surface area contributed by atoms with Crippen LogP contribution in [0, 0.1) is 0 Å². The van der Waals surface area contributed by atoms with Gasteiger partial charge in [-0.25, -0.2) is 0 Å². The number of hydrogen-bond acceptors (Lipinski definition) is 6. The number of aromatic nitrogens is 2. The average Bonchev–Trinajstić information content (AvgIpc) is 3.03. The molecular formula is C14H17Cl2N5O3. The molecule has 8 nitrogen and oxygen atoms in total. The van der Waals surface area contributed by atoms with E-state index in [1.165, 1.54) is 0 Å². The molecule has 2 rings (SSSR count). The minimum Gasteiger partial charge on any atom is -0.346 e. The highest BCUT2D eigenvalue weighted by atomic mass is 35.5. The number of nitrogens with one attached hydrogen (secondary N) is 2. The third kappa shape index (κ3) is 5.48. The number of halogens is 2. The van der Waals surface area contributed by atoms with Crippen molar-refractivity contribution in [2.45, 2.75) is 13.0 Å². The van der Waals surface area contributed by atoms with Crippen molar-refractivity contribution in [2.24, 2.45) is 5.73 Å². The van der Waals surface area contributed by atoms with Gasteiger partial charge in [-0.2, -0.15) is 4.98 Å². The zero-order valence-corrected chi connectivity index (χ0v) is 14.4. The first kappa shape index (κ1) is 19.9. The van der Waals surface area contributed by atoms with Crippen LogP contribution in [0.3, 0.4) is 0 Å². The van der Waals surface area contributed by atoms with E-state index in [1.807, 2.05) is 0 Å². The maximum atomic E-state index is 11.7. The van der Waals surface area contributed by atoms with Gasteiger partial charge in [-0.1, -0.05) is 16.8 Å². The van der Waals surface area contributed by atoms with Crippen LogP contribution in [0.5, 0.6) is 0 Å². The Hall–Kier alpha value is -2.16. The van der Waals surface area contributed by atoms with Gasteiger partial charge in [-0.3, -0.25) is 9.59 Å². The zero-order chi connectivity index (χ0) is 16.8. The van der Waals surface area contributed by atoms with E-state index in [-0.39, 0.29) is 31.4 Å². The van der Waals surface area contributed by atoms with E-state index in [9.17, 15) is 9.59 Å². The van der Waals surface area contributed by atoms with Gasteiger partial charge in [-0.15, -0.1) is 12.4 Å². The molecule has 0 fully saturated rings. The van der Waals surface area contributed by atoms with Crippen LogP contribution in [-0.2, 0) is 9.59 Å². The Morgan fingerprint density at radius 3 is 2.58 bits per heavy atom. The van der Waals surface area contributed by atoms with Gasteiger partial charge in [0, 0.05) is 10.6 Å². The summed E-state index contributed by atoms with van der Waals surface area (Å²) in [4.78, 5) is 26.9. The SMILES string of the molecule is CC(NC(=O)CNC(=O)CN)c1noc(-c2ccc(Cl)cc2)n1.Cl. The van der Waals surface area contributed by atoms with Crippen LogP contribution in [0.1, 0.15) is 18.8 Å². The Labute approximate surface area is 149 Å². The summed E-state index contributed by atoms with van der Waals surface area (Å²) in [5, 5.41) is 9.46. The maximum Gasteiger partial charge on any atom is 0.257 e. The molecule has 1 heterocycles. The predicted molar refractivity (Wildman–Crippen MR) is 90.6 cm³/mol. The first-order chi connectivity index (χ1) is 11.0. The molecule has 10 heteroatoms. The zero-order valence-electron chi connectivity index (χ0n) is 12.8. The second kappa shape index (κ2) is 9.21. The quantitative estimate of drug-likeness (QED) is 0.695. The summed E-state index contributed by atoms with van der Waals surface area (Å²) in [7, 11) is 0. The second-order valence-electron chi connectivity index (χ2n) is 4.73. The highest BCUT2D eigenvalue weighted by Crippen LogP contribution is 2.21. The molecule has 1 unspecified atom stereocenters. The Balaban J connectivity index is 0.00000288. The summed E-state index contributed by atoms with van der Waals surface area (Å²) in [6.45, 7) is 1.37. The molecule has 2 aromatic rings. The van der Waals surface area contributed by atoms with Crippen molar-refractivity contribution in [3.8, 4) is 11.5 Å². The minimum absolute atomic E-state index is 0. The predicted octanol–water partition coefficient (Wildman–Crippen LogP) is 1.06. The third-order valence-electron chi connectivity index (χ3n) is 2.93. The van der Waals surface area contributed by atoms with Crippen molar-refractivity contribution in [1.29, 1.82) is 0 Å². The summed E-state index contributed by atoms with van der Waals surface area (Å²) in [5.41, 5.74) is 5.86. The van der Waals surface area contributed by atoms with E-state index < -0.39 is 11.9 Å². The smallest absolute Gasteiger partial charge is 0.257 e. The number of hydrogen-bond donors (Lipinski definition) is 3. The summed E-state index contributed by atoms with van der Waals surface area (Å²) < 4.78 is 5.17. The summed E-state index contributed by atoms with van der Waals surface area (Å²) >= 11 is 5.82. The third-order valence-corrected chi connectivity index (χ3v) is 3.18. The molecule has 24 heavy (non-hydrogen) atoms. The van der Waals surface area contributed by atoms with Crippen LogP contribution in [0.15, 0.2) is 28.8 Å². The Kier molecular flexibility index (Phi) is 7.63. The van der Waals surface area contributed by atoms with E-state index in [0.717, 1.165) is 5.56 Å². The fourth-order valence-corrected chi connectivity index (χ4v) is 1.85. The van der Waals surface area contributed by atoms with Gasteiger partial charge < -0.3 is 20.9 Å². The number of amides is 2. The molecule has 2 amide bonds. The van der Waals surface area contributed by atoms with Gasteiger partial charge in [0.25, 0.3) is 5.89 Å². The van der Waals surface area contributed by atoms with Crippen LogP contribution < -0.4 is 16.4 Å². The summed E-state index contributed by atoms with van der Waals surface area (Å²) in [6.07, 6.45) is 0. The normalized spacial score (nSPS) is 11.3. The molecule has 0 aliphatic carbocycles.